The smallest absolute Gasteiger partial charge is 0.313 e. The van der Waals surface area contributed by atoms with E-state index in [1.807, 2.05) is 30.3 Å². The number of carbonyl (C=O) groups is 1. The number of rotatable bonds is 8. The van der Waals surface area contributed by atoms with Gasteiger partial charge in [-0.3, -0.25) is 4.79 Å². The van der Waals surface area contributed by atoms with Gasteiger partial charge >= 0.3 is 5.97 Å². The molecule has 1 fully saturated rings. The Morgan fingerprint density at radius 3 is 2.42 bits per heavy atom. The van der Waals surface area contributed by atoms with Gasteiger partial charge in [-0.25, -0.2) is 8.42 Å². The van der Waals surface area contributed by atoms with Crippen LogP contribution in [0.3, 0.4) is 0 Å². The molecule has 0 aromatic heterocycles. The largest absolute Gasteiger partial charge is 0.493 e. The van der Waals surface area contributed by atoms with E-state index in [1.54, 1.807) is 13.0 Å². The summed E-state index contributed by atoms with van der Waals surface area (Å²) in [6.45, 7) is 2.41. The van der Waals surface area contributed by atoms with Crippen LogP contribution in [0.15, 0.2) is 53.4 Å². The van der Waals surface area contributed by atoms with Crippen LogP contribution in [-0.4, -0.2) is 52.6 Å². The lowest BCUT2D eigenvalue weighted by Crippen LogP contribution is -2.51. The summed E-state index contributed by atoms with van der Waals surface area (Å²) >= 11 is 0. The highest BCUT2D eigenvalue weighted by Crippen LogP contribution is 2.38. The second-order valence-corrected chi connectivity index (χ2v) is 9.56. The third-order valence-corrected chi connectivity index (χ3v) is 7.47. The number of ether oxygens (including phenoxy) is 3. The van der Waals surface area contributed by atoms with Crippen LogP contribution in [0.1, 0.15) is 25.3 Å². The summed E-state index contributed by atoms with van der Waals surface area (Å²) in [6.07, 6.45) is 1.56. The quantitative estimate of drug-likeness (QED) is 0.578. The highest BCUT2D eigenvalue weighted by Gasteiger charge is 2.46. The molecule has 0 radical (unpaired) electrons. The molecule has 3 rings (SSSR count). The minimum Gasteiger partial charge on any atom is -0.493 e. The molecule has 8 heteroatoms. The molecule has 1 aliphatic heterocycles. The van der Waals surface area contributed by atoms with Gasteiger partial charge in [-0.15, -0.1) is 0 Å². The molecule has 0 amide bonds. The van der Waals surface area contributed by atoms with Gasteiger partial charge in [-0.2, -0.15) is 4.31 Å². The summed E-state index contributed by atoms with van der Waals surface area (Å²) in [5.74, 6) is 0.428. The molecule has 7 nitrogen and oxygen atoms in total. The van der Waals surface area contributed by atoms with Gasteiger partial charge in [0.05, 0.1) is 31.1 Å². The van der Waals surface area contributed by atoms with Gasteiger partial charge in [0.1, 0.15) is 0 Å². The Balaban J connectivity index is 1.95. The number of carbonyl (C=O) groups excluding carboxylic acids is 1. The Hall–Kier alpha value is -2.58. The fraction of sp³-hybridized carbons (Fsp3) is 0.435. The van der Waals surface area contributed by atoms with Crippen LogP contribution in [0.5, 0.6) is 11.5 Å². The summed E-state index contributed by atoms with van der Waals surface area (Å²) in [5, 5.41) is 0. The van der Waals surface area contributed by atoms with Gasteiger partial charge in [-0.1, -0.05) is 30.3 Å². The van der Waals surface area contributed by atoms with Crippen molar-refractivity contribution in [2.75, 3.05) is 33.9 Å². The molecule has 0 bridgehead atoms. The molecule has 1 aliphatic rings. The number of sulfonamides is 1. The van der Waals surface area contributed by atoms with Crippen molar-refractivity contribution in [3.8, 4) is 11.5 Å². The Labute approximate surface area is 184 Å². The van der Waals surface area contributed by atoms with Crippen LogP contribution in [-0.2, 0) is 26.0 Å². The van der Waals surface area contributed by atoms with Crippen molar-refractivity contribution in [3.05, 3.63) is 54.1 Å². The number of nitrogens with zero attached hydrogens (tertiary/aromatic N) is 1. The van der Waals surface area contributed by atoms with E-state index in [4.69, 9.17) is 14.2 Å². The third kappa shape index (κ3) is 4.85. The molecule has 2 aromatic carbocycles. The van der Waals surface area contributed by atoms with Gasteiger partial charge in [0.25, 0.3) is 0 Å². The number of hydrogen-bond acceptors (Lipinski definition) is 6. The average molecular weight is 448 g/mol. The fourth-order valence-electron chi connectivity index (χ4n) is 4.07. The number of methoxy groups -OCH3 is 2. The SMILES string of the molecule is CCOC(=O)[C@]1(Cc2ccccc2)CCCN(S(=O)(=O)c2ccc(OC)c(OC)c2)C1. The summed E-state index contributed by atoms with van der Waals surface area (Å²) in [4.78, 5) is 13.1. The van der Waals surface area contributed by atoms with E-state index in [1.165, 1.54) is 30.7 Å². The molecule has 1 heterocycles. The lowest BCUT2D eigenvalue weighted by molar-refractivity contribution is -0.157. The topological polar surface area (TPSA) is 82.1 Å². The van der Waals surface area contributed by atoms with E-state index in [2.05, 4.69) is 0 Å². The van der Waals surface area contributed by atoms with Crippen molar-refractivity contribution in [3.63, 3.8) is 0 Å². The summed E-state index contributed by atoms with van der Waals surface area (Å²) in [5.41, 5.74) is 0.0418. The van der Waals surface area contributed by atoms with Crippen LogP contribution in [0.2, 0.25) is 0 Å². The van der Waals surface area contributed by atoms with Gasteiger partial charge in [0.15, 0.2) is 11.5 Å². The molecule has 0 spiro atoms. The Morgan fingerprint density at radius 1 is 1.06 bits per heavy atom. The number of benzene rings is 2. The van der Waals surface area contributed by atoms with Crippen molar-refractivity contribution < 1.29 is 27.4 Å². The van der Waals surface area contributed by atoms with Crippen molar-refractivity contribution in [2.24, 2.45) is 5.41 Å². The second-order valence-electron chi connectivity index (χ2n) is 7.62. The maximum Gasteiger partial charge on any atom is 0.313 e. The second kappa shape index (κ2) is 9.70. The molecule has 1 atom stereocenters. The fourth-order valence-corrected chi connectivity index (χ4v) is 5.66. The molecule has 2 aromatic rings. The molecule has 0 N–H and O–H groups in total. The van der Waals surface area contributed by atoms with Crippen molar-refractivity contribution in [1.29, 1.82) is 0 Å². The van der Waals surface area contributed by atoms with Gasteiger partial charge in [0, 0.05) is 19.2 Å². The molecule has 31 heavy (non-hydrogen) atoms. The molecule has 0 unspecified atom stereocenters. The molecule has 168 valence electrons. The van der Waals surface area contributed by atoms with E-state index < -0.39 is 15.4 Å². The zero-order chi connectivity index (χ0) is 22.5. The van der Waals surface area contributed by atoms with Crippen LogP contribution in [0.4, 0.5) is 0 Å². The third-order valence-electron chi connectivity index (χ3n) is 5.63. The number of piperidine rings is 1. The first-order chi connectivity index (χ1) is 14.9. The first kappa shape index (κ1) is 23.1. The predicted octanol–water partition coefficient (Wildman–Crippen LogP) is 3.28. The maximum absolute atomic E-state index is 13.5. The Kier molecular flexibility index (Phi) is 7.23. The van der Waals surface area contributed by atoms with E-state index in [0.717, 1.165) is 5.56 Å². The van der Waals surface area contributed by atoms with Crippen molar-refractivity contribution in [2.45, 2.75) is 31.1 Å². The van der Waals surface area contributed by atoms with E-state index in [0.29, 0.717) is 37.3 Å². The minimum atomic E-state index is -3.84. The molecular formula is C23H29NO6S. The molecule has 0 saturated carbocycles. The summed E-state index contributed by atoms with van der Waals surface area (Å²) < 4.78 is 44.2. The Morgan fingerprint density at radius 2 is 1.77 bits per heavy atom. The predicted molar refractivity (Wildman–Crippen MR) is 117 cm³/mol. The van der Waals surface area contributed by atoms with Crippen molar-refractivity contribution >= 4 is 16.0 Å². The molecule has 0 aliphatic carbocycles. The van der Waals surface area contributed by atoms with Crippen LogP contribution >= 0.6 is 0 Å². The minimum absolute atomic E-state index is 0.0669. The number of esters is 1. The first-order valence-corrected chi connectivity index (χ1v) is 11.7. The average Bonchev–Trinajstić information content (AvgIpc) is 2.79. The highest BCUT2D eigenvalue weighted by molar-refractivity contribution is 7.89. The maximum atomic E-state index is 13.5. The van der Waals surface area contributed by atoms with E-state index in [-0.39, 0.29) is 24.0 Å². The van der Waals surface area contributed by atoms with E-state index in [9.17, 15) is 13.2 Å². The zero-order valence-electron chi connectivity index (χ0n) is 18.2. The molecule has 1 saturated heterocycles. The van der Waals surface area contributed by atoms with Gasteiger partial charge in [0.2, 0.25) is 10.0 Å². The van der Waals surface area contributed by atoms with Gasteiger partial charge < -0.3 is 14.2 Å². The van der Waals surface area contributed by atoms with Crippen LogP contribution in [0.25, 0.3) is 0 Å². The monoisotopic (exact) mass is 447 g/mol. The normalized spacial score (nSPS) is 19.6. The highest BCUT2D eigenvalue weighted by atomic mass is 32.2. The van der Waals surface area contributed by atoms with Gasteiger partial charge in [-0.05, 0) is 43.9 Å². The first-order valence-electron chi connectivity index (χ1n) is 10.3. The zero-order valence-corrected chi connectivity index (χ0v) is 19.0. The van der Waals surface area contributed by atoms with Crippen LogP contribution < -0.4 is 9.47 Å². The van der Waals surface area contributed by atoms with Crippen LogP contribution in [0, 0.1) is 5.41 Å². The lowest BCUT2D eigenvalue weighted by Gasteiger charge is -2.40. The number of hydrogen-bond donors (Lipinski definition) is 0. The molecular weight excluding hydrogens is 418 g/mol. The van der Waals surface area contributed by atoms with Crippen molar-refractivity contribution in [1.82, 2.24) is 4.31 Å². The summed E-state index contributed by atoms with van der Waals surface area (Å²) in [7, 11) is -0.888. The van der Waals surface area contributed by atoms with E-state index >= 15 is 0 Å². The standard InChI is InChI=1S/C23H29NO6S/c1-4-30-22(25)23(16-18-9-6-5-7-10-18)13-8-14-24(17-23)31(26,27)19-11-12-20(28-2)21(15-19)29-3/h5-7,9-12,15H,4,8,13-14,16-17H2,1-3H3/t23-/m0/s1. The lowest BCUT2D eigenvalue weighted by atomic mass is 9.75. The Bertz CT molecular complexity index is 1010. The summed E-state index contributed by atoms with van der Waals surface area (Å²) in [6, 6.07) is 14.1.